The van der Waals surface area contributed by atoms with Crippen LogP contribution in [-0.2, 0) is 21.6 Å². The van der Waals surface area contributed by atoms with Crippen LogP contribution in [0.3, 0.4) is 0 Å². The quantitative estimate of drug-likeness (QED) is 0.819. The average Bonchev–Trinajstić information content (AvgIpc) is 3.08. The van der Waals surface area contributed by atoms with E-state index in [1.807, 2.05) is 24.0 Å². The van der Waals surface area contributed by atoms with Crippen LogP contribution in [0.2, 0.25) is 0 Å². The molecule has 0 N–H and O–H groups in total. The molecule has 0 aromatic carbocycles. The van der Waals surface area contributed by atoms with Crippen molar-refractivity contribution in [3.63, 3.8) is 0 Å². The van der Waals surface area contributed by atoms with Crippen LogP contribution < -0.4 is 0 Å². The molecule has 3 heterocycles. The molecule has 134 valence electrons. The van der Waals surface area contributed by atoms with Crippen molar-refractivity contribution < 1.29 is 13.2 Å². The molecule has 1 unspecified atom stereocenters. The summed E-state index contributed by atoms with van der Waals surface area (Å²) in [4.78, 5) is 2.45. The summed E-state index contributed by atoms with van der Waals surface area (Å²) in [5.74, 6) is 1.64. The largest absolute Gasteiger partial charge is 0.372 e. The summed E-state index contributed by atoms with van der Waals surface area (Å²) in [6.07, 6.45) is 6.55. The Bertz CT molecular complexity index is 683. The van der Waals surface area contributed by atoms with Crippen LogP contribution >= 0.6 is 0 Å². The summed E-state index contributed by atoms with van der Waals surface area (Å²) in [7, 11) is -0.913. The summed E-state index contributed by atoms with van der Waals surface area (Å²) < 4.78 is 32.1. The lowest BCUT2D eigenvalue weighted by atomic mass is 9.79. The Kier molecular flexibility index (Phi) is 4.43. The summed E-state index contributed by atoms with van der Waals surface area (Å²) in [5, 5.41) is 4.27. The van der Waals surface area contributed by atoms with E-state index in [1.54, 1.807) is 0 Å². The van der Waals surface area contributed by atoms with Gasteiger partial charge in [-0.2, -0.15) is 5.10 Å². The standard InChI is InChI=1S/C17H27N3O3S/c1-19-15(5-7-18-19)17-14(6-9-23-17)11-20-8-10-24(21,22)12-16(20)13-3-2-4-13/h5,7,13-14,16-17H,2-4,6,8-12H2,1H3/t14-,16?,17+/m0/s1. The Morgan fingerprint density at radius 3 is 2.83 bits per heavy atom. The number of rotatable bonds is 4. The van der Waals surface area contributed by atoms with Gasteiger partial charge in [0.25, 0.3) is 0 Å². The summed E-state index contributed by atoms with van der Waals surface area (Å²) >= 11 is 0. The number of sulfone groups is 1. The Balaban J connectivity index is 1.49. The number of aryl methyl sites for hydroxylation is 1. The molecule has 2 saturated heterocycles. The molecule has 7 heteroatoms. The van der Waals surface area contributed by atoms with Gasteiger partial charge in [-0.05, 0) is 31.2 Å². The molecule has 3 aliphatic rings. The zero-order valence-electron chi connectivity index (χ0n) is 14.3. The molecule has 1 aromatic heterocycles. The molecular weight excluding hydrogens is 326 g/mol. The van der Waals surface area contributed by atoms with Gasteiger partial charge in [-0.15, -0.1) is 0 Å². The highest BCUT2D eigenvalue weighted by atomic mass is 32.2. The Hall–Kier alpha value is -0.920. The van der Waals surface area contributed by atoms with Gasteiger partial charge in [0.15, 0.2) is 9.84 Å². The molecule has 2 aliphatic heterocycles. The van der Waals surface area contributed by atoms with E-state index in [0.717, 1.165) is 25.3 Å². The molecule has 3 fully saturated rings. The van der Waals surface area contributed by atoms with E-state index in [4.69, 9.17) is 4.74 Å². The Labute approximate surface area is 144 Å². The lowest BCUT2D eigenvalue weighted by Crippen LogP contribution is -2.54. The number of ether oxygens (including phenoxy) is 1. The first-order valence-electron chi connectivity index (χ1n) is 9.07. The molecule has 1 aromatic rings. The Morgan fingerprint density at radius 1 is 1.33 bits per heavy atom. The highest BCUT2D eigenvalue weighted by molar-refractivity contribution is 7.91. The zero-order valence-corrected chi connectivity index (χ0v) is 15.1. The molecular formula is C17H27N3O3S. The van der Waals surface area contributed by atoms with Crippen molar-refractivity contribution in [2.24, 2.45) is 18.9 Å². The van der Waals surface area contributed by atoms with Crippen molar-refractivity contribution in [2.45, 2.75) is 37.8 Å². The van der Waals surface area contributed by atoms with Gasteiger partial charge in [-0.3, -0.25) is 9.58 Å². The van der Waals surface area contributed by atoms with E-state index in [1.165, 1.54) is 19.3 Å². The van der Waals surface area contributed by atoms with E-state index in [-0.39, 0.29) is 12.1 Å². The SMILES string of the molecule is Cn1nccc1[C@@H]1OCC[C@H]1CN1CCS(=O)(=O)CC1C1CCC1. The van der Waals surface area contributed by atoms with Crippen molar-refractivity contribution in [1.82, 2.24) is 14.7 Å². The molecule has 0 spiro atoms. The lowest BCUT2D eigenvalue weighted by Gasteiger charge is -2.44. The summed E-state index contributed by atoms with van der Waals surface area (Å²) in [5.41, 5.74) is 1.13. The van der Waals surface area contributed by atoms with Crippen molar-refractivity contribution in [3.8, 4) is 0 Å². The molecule has 6 nitrogen and oxygen atoms in total. The minimum atomic E-state index is -2.87. The van der Waals surface area contributed by atoms with E-state index >= 15 is 0 Å². The third-order valence-corrected chi connectivity index (χ3v) is 7.76. The molecule has 1 aliphatic carbocycles. The van der Waals surface area contributed by atoms with Crippen LogP contribution in [0.5, 0.6) is 0 Å². The zero-order chi connectivity index (χ0) is 16.7. The fourth-order valence-corrected chi connectivity index (χ4v) is 6.15. The second-order valence-electron chi connectivity index (χ2n) is 7.59. The summed E-state index contributed by atoms with van der Waals surface area (Å²) in [6, 6.07) is 2.25. The van der Waals surface area contributed by atoms with Crippen molar-refractivity contribution in [2.75, 3.05) is 31.2 Å². The fraction of sp³-hybridized carbons (Fsp3) is 0.824. The molecule has 0 radical (unpaired) electrons. The Morgan fingerprint density at radius 2 is 2.17 bits per heavy atom. The minimum absolute atomic E-state index is 0.0816. The third-order valence-electron chi connectivity index (χ3n) is 6.11. The second kappa shape index (κ2) is 6.42. The van der Waals surface area contributed by atoms with Crippen LogP contribution in [0.15, 0.2) is 12.3 Å². The van der Waals surface area contributed by atoms with E-state index < -0.39 is 9.84 Å². The van der Waals surface area contributed by atoms with E-state index in [9.17, 15) is 8.42 Å². The fourth-order valence-electron chi connectivity index (χ4n) is 4.47. The first-order chi connectivity index (χ1) is 11.5. The highest BCUT2D eigenvalue weighted by Gasteiger charge is 2.41. The monoisotopic (exact) mass is 353 g/mol. The first kappa shape index (κ1) is 16.5. The van der Waals surface area contributed by atoms with Gasteiger partial charge in [0.2, 0.25) is 0 Å². The van der Waals surface area contributed by atoms with E-state index in [2.05, 4.69) is 10.00 Å². The maximum absolute atomic E-state index is 12.1. The number of nitrogens with zero attached hydrogens (tertiary/aromatic N) is 3. The molecule has 24 heavy (non-hydrogen) atoms. The van der Waals surface area contributed by atoms with Crippen molar-refractivity contribution >= 4 is 9.84 Å². The van der Waals surface area contributed by atoms with Crippen molar-refractivity contribution in [3.05, 3.63) is 18.0 Å². The topological polar surface area (TPSA) is 64.4 Å². The molecule has 3 atom stereocenters. The minimum Gasteiger partial charge on any atom is -0.372 e. The molecule has 0 bridgehead atoms. The van der Waals surface area contributed by atoms with Crippen LogP contribution in [0.1, 0.15) is 37.5 Å². The van der Waals surface area contributed by atoms with Crippen LogP contribution in [-0.4, -0.2) is 60.3 Å². The normalized spacial score (nSPS) is 34.3. The van der Waals surface area contributed by atoms with Crippen LogP contribution in [0.25, 0.3) is 0 Å². The molecule has 1 saturated carbocycles. The predicted molar refractivity (Wildman–Crippen MR) is 91.4 cm³/mol. The summed E-state index contributed by atoms with van der Waals surface area (Å²) in [6.45, 7) is 2.39. The number of hydrogen-bond donors (Lipinski definition) is 0. The maximum atomic E-state index is 12.1. The van der Waals surface area contributed by atoms with E-state index in [0.29, 0.717) is 29.9 Å². The highest BCUT2D eigenvalue weighted by Crippen LogP contribution is 2.38. The lowest BCUT2D eigenvalue weighted by molar-refractivity contribution is 0.0501. The smallest absolute Gasteiger partial charge is 0.153 e. The predicted octanol–water partition coefficient (Wildman–Crippen LogP) is 1.40. The first-order valence-corrected chi connectivity index (χ1v) is 10.9. The van der Waals surface area contributed by atoms with Gasteiger partial charge in [-0.1, -0.05) is 6.42 Å². The van der Waals surface area contributed by atoms with Gasteiger partial charge in [0.05, 0.1) is 17.2 Å². The van der Waals surface area contributed by atoms with Gasteiger partial charge >= 0.3 is 0 Å². The average molecular weight is 353 g/mol. The molecule has 0 amide bonds. The second-order valence-corrected chi connectivity index (χ2v) is 9.82. The van der Waals surface area contributed by atoms with Gasteiger partial charge in [-0.25, -0.2) is 8.42 Å². The maximum Gasteiger partial charge on any atom is 0.153 e. The van der Waals surface area contributed by atoms with Gasteiger partial charge < -0.3 is 4.74 Å². The number of aromatic nitrogens is 2. The third kappa shape index (κ3) is 3.13. The van der Waals surface area contributed by atoms with Crippen molar-refractivity contribution in [1.29, 1.82) is 0 Å². The number of hydrogen-bond acceptors (Lipinski definition) is 5. The molecule has 4 rings (SSSR count). The van der Waals surface area contributed by atoms with Gasteiger partial charge in [0, 0.05) is 44.9 Å². The van der Waals surface area contributed by atoms with Crippen LogP contribution in [0, 0.1) is 11.8 Å². The van der Waals surface area contributed by atoms with Gasteiger partial charge in [0.1, 0.15) is 6.10 Å². The van der Waals surface area contributed by atoms with Crippen LogP contribution in [0.4, 0.5) is 0 Å².